The van der Waals surface area contributed by atoms with Gasteiger partial charge < -0.3 is 4.57 Å². The van der Waals surface area contributed by atoms with Crippen LogP contribution in [-0.2, 0) is 29.4 Å². The number of sulfonamides is 1. The minimum absolute atomic E-state index is 0.0957. The smallest absolute Gasteiger partial charge is 0.243 e. The van der Waals surface area contributed by atoms with Gasteiger partial charge in [0, 0.05) is 31.7 Å². The maximum Gasteiger partial charge on any atom is 0.243 e. The highest BCUT2D eigenvalue weighted by atomic mass is 32.2. The van der Waals surface area contributed by atoms with Crippen molar-refractivity contribution in [3.63, 3.8) is 0 Å². The summed E-state index contributed by atoms with van der Waals surface area (Å²) in [6, 6.07) is 9.50. The van der Waals surface area contributed by atoms with Gasteiger partial charge in [0.25, 0.3) is 0 Å². The number of hydrogen-bond acceptors (Lipinski definition) is 4. The summed E-state index contributed by atoms with van der Waals surface area (Å²) >= 11 is 0. The van der Waals surface area contributed by atoms with Gasteiger partial charge in [-0.3, -0.25) is 0 Å². The average molecular weight is 397 g/mol. The Kier molecular flexibility index (Phi) is 4.25. The van der Waals surface area contributed by atoms with Crippen molar-refractivity contribution in [3.8, 4) is 0 Å². The number of nitrogens with zero attached hydrogens (tertiary/aromatic N) is 4. The monoisotopic (exact) mass is 396 g/mol. The third-order valence-electron chi connectivity index (χ3n) is 6.07. The molecule has 28 heavy (non-hydrogen) atoms. The van der Waals surface area contributed by atoms with E-state index in [-0.39, 0.29) is 5.92 Å². The highest BCUT2D eigenvalue weighted by Crippen LogP contribution is 2.33. The molecule has 0 amide bonds. The first kappa shape index (κ1) is 17.8. The largest absolute Gasteiger partial charge is 0.313 e. The topological polar surface area (TPSA) is 68.1 Å². The van der Waals surface area contributed by atoms with Crippen molar-refractivity contribution in [2.75, 3.05) is 13.1 Å². The van der Waals surface area contributed by atoms with Crippen molar-refractivity contribution in [1.29, 1.82) is 0 Å². The third-order valence-corrected chi connectivity index (χ3v) is 7.93. The number of imidazole rings is 1. The van der Waals surface area contributed by atoms with Gasteiger partial charge >= 0.3 is 0 Å². The fraction of sp³-hybridized carbons (Fsp3) is 0.429. The van der Waals surface area contributed by atoms with Crippen LogP contribution in [0.2, 0.25) is 0 Å². The van der Waals surface area contributed by atoms with E-state index in [2.05, 4.69) is 16.5 Å². The highest BCUT2D eigenvalue weighted by Gasteiger charge is 2.36. The third kappa shape index (κ3) is 2.76. The normalized spacial score (nSPS) is 20.1. The van der Waals surface area contributed by atoms with E-state index in [1.807, 2.05) is 24.3 Å². The standard InChI is InChI=1S/C21H24N4O2S/c1-2-25-20(23-19-7-4-11-22-21(19)25)17-10-12-24(14-17)28(26,27)18-9-8-15-5-3-6-16(15)13-18/h4,7-9,11,13,17H,2-3,5-6,10,12,14H2,1H3/t17-/m0/s1. The van der Waals surface area contributed by atoms with Crippen molar-refractivity contribution in [2.45, 2.75) is 50.0 Å². The summed E-state index contributed by atoms with van der Waals surface area (Å²) in [6.07, 6.45) is 5.72. The zero-order valence-corrected chi connectivity index (χ0v) is 16.8. The lowest BCUT2D eigenvalue weighted by atomic mass is 10.1. The molecular formula is C21H24N4O2S. The van der Waals surface area contributed by atoms with Crippen LogP contribution >= 0.6 is 0 Å². The van der Waals surface area contributed by atoms with Crippen LogP contribution < -0.4 is 0 Å². The molecule has 1 aromatic carbocycles. The molecule has 146 valence electrons. The number of hydrogen-bond donors (Lipinski definition) is 0. The number of rotatable bonds is 4. The first-order valence-electron chi connectivity index (χ1n) is 10.0. The SMILES string of the molecule is CCn1c([C@H]2CCN(S(=O)(=O)c3ccc4c(c3)CCC4)C2)nc2cccnc21. The summed E-state index contributed by atoms with van der Waals surface area (Å²) in [5.74, 6) is 1.04. The minimum Gasteiger partial charge on any atom is -0.313 e. The molecule has 0 N–H and O–H groups in total. The van der Waals surface area contributed by atoms with Crippen molar-refractivity contribution in [3.05, 3.63) is 53.5 Å². The van der Waals surface area contributed by atoms with E-state index in [9.17, 15) is 8.42 Å². The summed E-state index contributed by atoms with van der Waals surface area (Å²) in [5, 5.41) is 0. The van der Waals surface area contributed by atoms with Crippen LogP contribution in [0.3, 0.4) is 0 Å². The molecule has 5 rings (SSSR count). The predicted octanol–water partition coefficient (Wildman–Crippen LogP) is 3.12. The molecule has 0 bridgehead atoms. The molecular weight excluding hydrogens is 372 g/mol. The summed E-state index contributed by atoms with van der Waals surface area (Å²) in [7, 11) is -3.47. The summed E-state index contributed by atoms with van der Waals surface area (Å²) in [6.45, 7) is 3.86. The van der Waals surface area contributed by atoms with Gasteiger partial charge in [0.05, 0.1) is 4.90 Å². The Morgan fingerprint density at radius 3 is 2.89 bits per heavy atom. The first-order valence-corrected chi connectivity index (χ1v) is 11.4. The van der Waals surface area contributed by atoms with Crippen molar-refractivity contribution in [2.24, 2.45) is 0 Å². The summed E-state index contributed by atoms with van der Waals surface area (Å²) < 4.78 is 30.2. The van der Waals surface area contributed by atoms with Crippen molar-refractivity contribution in [1.82, 2.24) is 18.8 Å². The molecule has 7 heteroatoms. The first-order chi connectivity index (χ1) is 13.6. The van der Waals surface area contributed by atoms with Crippen molar-refractivity contribution < 1.29 is 8.42 Å². The van der Waals surface area contributed by atoms with Gasteiger partial charge in [0.15, 0.2) is 5.65 Å². The molecule has 1 fully saturated rings. The van der Waals surface area contributed by atoms with E-state index in [0.717, 1.165) is 49.2 Å². The van der Waals surface area contributed by atoms with E-state index in [4.69, 9.17) is 4.98 Å². The maximum atomic E-state index is 13.2. The lowest BCUT2D eigenvalue weighted by Crippen LogP contribution is -2.29. The summed E-state index contributed by atoms with van der Waals surface area (Å²) in [5.41, 5.74) is 4.23. The average Bonchev–Trinajstić information content (AvgIpc) is 3.44. The molecule has 1 atom stereocenters. The molecule has 0 radical (unpaired) electrons. The van der Waals surface area contributed by atoms with E-state index >= 15 is 0 Å². The Morgan fingerprint density at radius 2 is 2.04 bits per heavy atom. The van der Waals surface area contributed by atoms with Gasteiger partial charge in [0.2, 0.25) is 10.0 Å². The van der Waals surface area contributed by atoms with Gasteiger partial charge in [-0.1, -0.05) is 6.07 Å². The van der Waals surface area contributed by atoms with Gasteiger partial charge in [-0.05, 0) is 68.0 Å². The number of fused-ring (bicyclic) bond motifs is 2. The second kappa shape index (κ2) is 6.67. The molecule has 1 aliphatic carbocycles. The van der Waals surface area contributed by atoms with Crippen LogP contribution in [0.4, 0.5) is 0 Å². The molecule has 3 heterocycles. The molecule has 2 aromatic heterocycles. The Bertz CT molecular complexity index is 1150. The van der Waals surface area contributed by atoms with Gasteiger partial charge in [-0.25, -0.2) is 18.4 Å². The second-order valence-electron chi connectivity index (χ2n) is 7.69. The zero-order chi connectivity index (χ0) is 19.3. The highest BCUT2D eigenvalue weighted by molar-refractivity contribution is 7.89. The molecule has 1 aliphatic heterocycles. The van der Waals surface area contributed by atoms with Crippen LogP contribution in [-0.4, -0.2) is 40.3 Å². The number of aromatic nitrogens is 3. The number of pyridine rings is 1. The Labute approximate surface area is 165 Å². The quantitative estimate of drug-likeness (QED) is 0.680. The molecule has 0 saturated carbocycles. The van der Waals surface area contributed by atoms with Gasteiger partial charge in [-0.15, -0.1) is 0 Å². The number of benzene rings is 1. The second-order valence-corrected chi connectivity index (χ2v) is 9.63. The maximum absolute atomic E-state index is 13.2. The zero-order valence-electron chi connectivity index (χ0n) is 16.0. The Morgan fingerprint density at radius 1 is 1.18 bits per heavy atom. The lowest BCUT2D eigenvalue weighted by Gasteiger charge is -2.17. The van der Waals surface area contributed by atoms with E-state index in [0.29, 0.717) is 18.0 Å². The Balaban J connectivity index is 1.44. The molecule has 3 aromatic rings. The fourth-order valence-electron chi connectivity index (χ4n) is 4.61. The predicted molar refractivity (Wildman–Crippen MR) is 108 cm³/mol. The number of aryl methyl sites for hydroxylation is 3. The summed E-state index contributed by atoms with van der Waals surface area (Å²) in [4.78, 5) is 9.67. The van der Waals surface area contributed by atoms with Crippen molar-refractivity contribution >= 4 is 21.2 Å². The van der Waals surface area contributed by atoms with Crippen LogP contribution in [0.1, 0.15) is 42.6 Å². The van der Waals surface area contributed by atoms with Crippen LogP contribution in [0.5, 0.6) is 0 Å². The van der Waals surface area contributed by atoms with Gasteiger partial charge in [0.1, 0.15) is 11.3 Å². The molecule has 1 saturated heterocycles. The van der Waals surface area contributed by atoms with Crippen LogP contribution in [0, 0.1) is 0 Å². The lowest BCUT2D eigenvalue weighted by molar-refractivity contribution is 0.469. The van der Waals surface area contributed by atoms with Crippen LogP contribution in [0.25, 0.3) is 11.2 Å². The minimum atomic E-state index is -3.47. The molecule has 0 unspecified atom stereocenters. The van der Waals surface area contributed by atoms with E-state index in [1.54, 1.807) is 16.6 Å². The van der Waals surface area contributed by atoms with Crippen LogP contribution in [0.15, 0.2) is 41.4 Å². The Hall–Kier alpha value is -2.25. The molecule has 0 spiro atoms. The molecule has 2 aliphatic rings. The molecule has 6 nitrogen and oxygen atoms in total. The van der Waals surface area contributed by atoms with E-state index in [1.165, 1.54) is 11.1 Å². The fourth-order valence-corrected chi connectivity index (χ4v) is 6.17. The van der Waals surface area contributed by atoms with Gasteiger partial charge in [-0.2, -0.15) is 4.31 Å². The van der Waals surface area contributed by atoms with E-state index < -0.39 is 10.0 Å².